The number of fused-ring (bicyclic) bond motifs is 1. The van der Waals surface area contributed by atoms with E-state index in [2.05, 4.69) is 29.1 Å². The molecular formula is C18H17ClFN3O. The average Bonchev–Trinajstić information content (AvgIpc) is 2.58. The molecule has 0 aliphatic heterocycles. The molecule has 0 saturated carbocycles. The highest BCUT2D eigenvalue weighted by Crippen LogP contribution is 2.34. The first kappa shape index (κ1) is 16.5. The SMILES string of the molecule is COc1cc2ncnc(Nc3cccc(Cl)c3F)c2cc1C(C)C. The summed E-state index contributed by atoms with van der Waals surface area (Å²) in [6, 6.07) is 8.64. The van der Waals surface area contributed by atoms with Gasteiger partial charge in [-0.3, -0.25) is 0 Å². The van der Waals surface area contributed by atoms with Crippen molar-refractivity contribution in [3.8, 4) is 5.75 Å². The molecule has 0 atom stereocenters. The van der Waals surface area contributed by atoms with E-state index in [0.29, 0.717) is 5.82 Å². The normalized spacial score (nSPS) is 11.1. The molecular weight excluding hydrogens is 329 g/mol. The predicted molar refractivity (Wildman–Crippen MR) is 94.9 cm³/mol. The smallest absolute Gasteiger partial charge is 0.165 e. The van der Waals surface area contributed by atoms with Gasteiger partial charge in [-0.25, -0.2) is 14.4 Å². The summed E-state index contributed by atoms with van der Waals surface area (Å²) < 4.78 is 19.6. The Morgan fingerprint density at radius 2 is 2.00 bits per heavy atom. The van der Waals surface area contributed by atoms with Crippen molar-refractivity contribution in [2.45, 2.75) is 19.8 Å². The van der Waals surface area contributed by atoms with Gasteiger partial charge in [0.1, 0.15) is 17.9 Å². The van der Waals surface area contributed by atoms with Crippen LogP contribution < -0.4 is 10.1 Å². The fourth-order valence-electron chi connectivity index (χ4n) is 2.56. The van der Waals surface area contributed by atoms with E-state index in [4.69, 9.17) is 16.3 Å². The molecule has 3 rings (SSSR count). The Morgan fingerprint density at radius 1 is 1.21 bits per heavy atom. The number of nitrogens with zero attached hydrogens (tertiary/aromatic N) is 2. The number of anilines is 2. The van der Waals surface area contributed by atoms with E-state index in [1.165, 1.54) is 12.4 Å². The zero-order valence-electron chi connectivity index (χ0n) is 13.6. The van der Waals surface area contributed by atoms with Crippen molar-refractivity contribution in [3.05, 3.63) is 53.1 Å². The molecule has 0 radical (unpaired) electrons. The zero-order chi connectivity index (χ0) is 17.3. The molecule has 0 amide bonds. The third-order valence-electron chi connectivity index (χ3n) is 3.81. The molecule has 124 valence electrons. The zero-order valence-corrected chi connectivity index (χ0v) is 14.4. The van der Waals surface area contributed by atoms with E-state index in [9.17, 15) is 4.39 Å². The second-order valence-corrected chi connectivity index (χ2v) is 6.12. The van der Waals surface area contributed by atoms with Crippen molar-refractivity contribution in [1.82, 2.24) is 9.97 Å². The molecule has 24 heavy (non-hydrogen) atoms. The number of benzene rings is 2. The van der Waals surface area contributed by atoms with Crippen LogP contribution in [0.3, 0.4) is 0 Å². The summed E-state index contributed by atoms with van der Waals surface area (Å²) in [4.78, 5) is 8.54. The van der Waals surface area contributed by atoms with Crippen LogP contribution in [0.1, 0.15) is 25.3 Å². The van der Waals surface area contributed by atoms with Crippen LogP contribution in [0.4, 0.5) is 15.9 Å². The van der Waals surface area contributed by atoms with Crippen molar-refractivity contribution in [2.75, 3.05) is 12.4 Å². The first-order valence-electron chi connectivity index (χ1n) is 7.55. The van der Waals surface area contributed by atoms with Gasteiger partial charge < -0.3 is 10.1 Å². The van der Waals surface area contributed by atoms with E-state index in [1.54, 1.807) is 19.2 Å². The summed E-state index contributed by atoms with van der Waals surface area (Å²) >= 11 is 5.84. The highest BCUT2D eigenvalue weighted by Gasteiger charge is 2.14. The molecule has 1 heterocycles. The Balaban J connectivity index is 2.14. The summed E-state index contributed by atoms with van der Waals surface area (Å²) in [5, 5.41) is 3.86. The number of rotatable bonds is 4. The number of methoxy groups -OCH3 is 1. The Morgan fingerprint density at radius 3 is 2.71 bits per heavy atom. The lowest BCUT2D eigenvalue weighted by Crippen LogP contribution is -2.01. The van der Waals surface area contributed by atoms with Crippen LogP contribution in [0.2, 0.25) is 5.02 Å². The van der Waals surface area contributed by atoms with Crippen LogP contribution in [-0.4, -0.2) is 17.1 Å². The van der Waals surface area contributed by atoms with Crippen LogP contribution >= 0.6 is 11.6 Å². The third-order valence-corrected chi connectivity index (χ3v) is 4.11. The second-order valence-electron chi connectivity index (χ2n) is 5.71. The average molecular weight is 346 g/mol. The topological polar surface area (TPSA) is 47.0 Å². The number of halogens is 2. The summed E-state index contributed by atoms with van der Waals surface area (Å²) in [5.41, 5.74) is 2.02. The molecule has 1 N–H and O–H groups in total. The van der Waals surface area contributed by atoms with Gasteiger partial charge in [-0.2, -0.15) is 0 Å². The summed E-state index contributed by atoms with van der Waals surface area (Å²) in [6.45, 7) is 4.16. The van der Waals surface area contributed by atoms with E-state index in [1.807, 2.05) is 12.1 Å². The van der Waals surface area contributed by atoms with Gasteiger partial charge in [-0.05, 0) is 29.7 Å². The van der Waals surface area contributed by atoms with Crippen molar-refractivity contribution >= 4 is 34.0 Å². The summed E-state index contributed by atoms with van der Waals surface area (Å²) in [7, 11) is 1.63. The van der Waals surface area contributed by atoms with Crippen LogP contribution in [0.5, 0.6) is 5.75 Å². The van der Waals surface area contributed by atoms with Crippen LogP contribution in [0, 0.1) is 5.82 Å². The van der Waals surface area contributed by atoms with Gasteiger partial charge in [0.05, 0.1) is 23.3 Å². The standard InChI is InChI=1S/C18H17ClFN3O/c1-10(2)11-7-12-15(8-16(11)24-3)21-9-22-18(12)23-14-6-4-5-13(19)17(14)20/h4-10H,1-3H3,(H,21,22,23). The van der Waals surface area contributed by atoms with E-state index >= 15 is 0 Å². The predicted octanol–water partition coefficient (Wildman–Crippen LogP) is 5.30. The Kier molecular flexibility index (Phi) is 4.53. The van der Waals surface area contributed by atoms with E-state index < -0.39 is 5.82 Å². The molecule has 0 aliphatic rings. The number of ether oxygens (including phenoxy) is 1. The molecule has 0 aliphatic carbocycles. The molecule has 4 nitrogen and oxygen atoms in total. The lowest BCUT2D eigenvalue weighted by Gasteiger charge is -2.15. The number of hydrogen-bond acceptors (Lipinski definition) is 4. The minimum Gasteiger partial charge on any atom is -0.496 e. The maximum absolute atomic E-state index is 14.2. The van der Waals surface area contributed by atoms with Crippen LogP contribution in [0.25, 0.3) is 10.9 Å². The van der Waals surface area contributed by atoms with Crippen molar-refractivity contribution in [2.24, 2.45) is 0 Å². The highest BCUT2D eigenvalue weighted by atomic mass is 35.5. The molecule has 6 heteroatoms. The molecule has 1 aromatic heterocycles. The van der Waals surface area contributed by atoms with Gasteiger partial charge in [-0.15, -0.1) is 0 Å². The minimum atomic E-state index is -0.511. The van der Waals surface area contributed by atoms with Gasteiger partial charge in [0, 0.05) is 11.5 Å². The lowest BCUT2D eigenvalue weighted by molar-refractivity contribution is 0.408. The second kappa shape index (κ2) is 6.61. The maximum atomic E-state index is 14.2. The largest absolute Gasteiger partial charge is 0.496 e. The third kappa shape index (κ3) is 2.99. The fourth-order valence-corrected chi connectivity index (χ4v) is 2.73. The van der Waals surface area contributed by atoms with E-state index in [0.717, 1.165) is 22.2 Å². The molecule has 3 aromatic rings. The quantitative estimate of drug-likeness (QED) is 0.697. The Hall–Kier alpha value is -2.40. The van der Waals surface area contributed by atoms with Crippen LogP contribution in [0.15, 0.2) is 36.7 Å². The van der Waals surface area contributed by atoms with Gasteiger partial charge in [-0.1, -0.05) is 31.5 Å². The van der Waals surface area contributed by atoms with E-state index in [-0.39, 0.29) is 16.6 Å². The van der Waals surface area contributed by atoms with Gasteiger partial charge in [0.25, 0.3) is 0 Å². The first-order chi connectivity index (χ1) is 11.5. The van der Waals surface area contributed by atoms with Crippen molar-refractivity contribution in [3.63, 3.8) is 0 Å². The first-order valence-corrected chi connectivity index (χ1v) is 7.92. The minimum absolute atomic E-state index is 0.0582. The maximum Gasteiger partial charge on any atom is 0.165 e. The van der Waals surface area contributed by atoms with Gasteiger partial charge >= 0.3 is 0 Å². The molecule has 2 aromatic carbocycles. The fraction of sp³-hybridized carbons (Fsp3) is 0.222. The van der Waals surface area contributed by atoms with Crippen LogP contribution in [-0.2, 0) is 0 Å². The molecule has 0 fully saturated rings. The van der Waals surface area contributed by atoms with Gasteiger partial charge in [0.15, 0.2) is 5.82 Å². The molecule has 0 saturated heterocycles. The number of aromatic nitrogens is 2. The van der Waals surface area contributed by atoms with Gasteiger partial charge in [0.2, 0.25) is 0 Å². The highest BCUT2D eigenvalue weighted by molar-refractivity contribution is 6.31. The van der Waals surface area contributed by atoms with Crippen molar-refractivity contribution in [1.29, 1.82) is 0 Å². The monoisotopic (exact) mass is 345 g/mol. The van der Waals surface area contributed by atoms with Crippen molar-refractivity contribution < 1.29 is 9.13 Å². The number of nitrogens with one attached hydrogen (secondary N) is 1. The Bertz CT molecular complexity index is 899. The lowest BCUT2D eigenvalue weighted by atomic mass is 10.00. The Labute approximate surface area is 144 Å². The number of hydrogen-bond donors (Lipinski definition) is 1. The molecule has 0 unspecified atom stereocenters. The summed E-state index contributed by atoms with van der Waals surface area (Å²) in [5.74, 6) is 1.05. The summed E-state index contributed by atoms with van der Waals surface area (Å²) in [6.07, 6.45) is 1.43. The molecule has 0 spiro atoms. The molecule has 0 bridgehead atoms.